The minimum Gasteiger partial charge on any atom is -0.380 e. The molecule has 0 heterocycles. The fraction of sp³-hybridized carbons (Fsp3) is 1.00. The molecule has 0 aliphatic carbocycles. The lowest BCUT2D eigenvalue weighted by Crippen LogP contribution is -2.14. The van der Waals surface area contributed by atoms with E-state index in [1.165, 1.54) is 6.42 Å². The van der Waals surface area contributed by atoms with Gasteiger partial charge in [-0.25, -0.2) is 0 Å². The van der Waals surface area contributed by atoms with E-state index in [1.54, 1.807) is 0 Å². The van der Waals surface area contributed by atoms with Crippen molar-refractivity contribution in [2.75, 3.05) is 26.8 Å². The lowest BCUT2D eigenvalue weighted by Gasteiger charge is -2.05. The topological polar surface area (TPSA) is 21.3 Å². The second kappa shape index (κ2) is 13.5. The lowest BCUT2D eigenvalue weighted by molar-refractivity contribution is 0.126. The summed E-state index contributed by atoms with van der Waals surface area (Å²) in [6, 6.07) is 0. The van der Waals surface area contributed by atoms with Gasteiger partial charge in [0.25, 0.3) is 0 Å². The second-order valence-corrected chi connectivity index (χ2v) is 2.90. The third-order valence-corrected chi connectivity index (χ3v) is 1.34. The molecule has 76 valence electrons. The Hall–Kier alpha value is -0.0800. The van der Waals surface area contributed by atoms with Crippen molar-refractivity contribution in [2.24, 2.45) is 5.92 Å². The van der Waals surface area contributed by atoms with E-state index in [-0.39, 0.29) is 0 Å². The van der Waals surface area contributed by atoms with Gasteiger partial charge in [-0.2, -0.15) is 0 Å². The van der Waals surface area contributed by atoms with Crippen molar-refractivity contribution in [3.63, 3.8) is 0 Å². The maximum absolute atomic E-state index is 5.32. The van der Waals surface area contributed by atoms with Gasteiger partial charge in [0.15, 0.2) is 0 Å². The van der Waals surface area contributed by atoms with Crippen LogP contribution in [0.5, 0.6) is 0 Å². The van der Waals surface area contributed by atoms with Crippen LogP contribution in [0.3, 0.4) is 0 Å². The van der Waals surface area contributed by atoms with Crippen LogP contribution in [0.1, 0.15) is 34.1 Å². The van der Waals surface area contributed by atoms with Gasteiger partial charge >= 0.3 is 0 Å². The Morgan fingerprint density at radius 1 is 1.17 bits per heavy atom. The summed E-state index contributed by atoms with van der Waals surface area (Å²) < 4.78 is 5.32. The van der Waals surface area contributed by atoms with Gasteiger partial charge in [-0.1, -0.05) is 27.7 Å². The predicted molar refractivity (Wildman–Crippen MR) is 55.5 cm³/mol. The number of ether oxygens (including phenoxy) is 1. The third-order valence-electron chi connectivity index (χ3n) is 1.34. The Bertz CT molecular complexity index is 64.9. The second-order valence-electron chi connectivity index (χ2n) is 2.90. The number of likely N-dealkylation sites (N-methyl/N-ethyl adjacent to an activating group) is 1. The maximum atomic E-state index is 5.32. The third kappa shape index (κ3) is 16.5. The van der Waals surface area contributed by atoms with E-state index in [0.717, 1.165) is 25.7 Å². The zero-order valence-electron chi connectivity index (χ0n) is 9.31. The molecule has 0 amide bonds. The standard InChI is InChI=1S/C8H19NO.C2H6/c1-8(2)4-6-10-7-5-9-3;1-2/h8-9H,4-7H2,1-3H3;1-2H3. The van der Waals surface area contributed by atoms with Gasteiger partial charge in [-0.3, -0.25) is 0 Å². The molecular formula is C10H25NO. The van der Waals surface area contributed by atoms with Gasteiger partial charge in [0, 0.05) is 13.2 Å². The van der Waals surface area contributed by atoms with Gasteiger partial charge in [0.1, 0.15) is 0 Å². The van der Waals surface area contributed by atoms with Crippen molar-refractivity contribution >= 4 is 0 Å². The molecule has 0 saturated heterocycles. The van der Waals surface area contributed by atoms with Gasteiger partial charge in [0.2, 0.25) is 0 Å². The molecule has 0 saturated carbocycles. The van der Waals surface area contributed by atoms with E-state index in [2.05, 4.69) is 19.2 Å². The summed E-state index contributed by atoms with van der Waals surface area (Å²) in [5, 5.41) is 3.03. The zero-order chi connectivity index (χ0) is 9.82. The average Bonchev–Trinajstić information content (AvgIpc) is 2.07. The van der Waals surface area contributed by atoms with E-state index in [0.29, 0.717) is 0 Å². The summed E-state index contributed by atoms with van der Waals surface area (Å²) in [6.45, 7) is 11.1. The molecular weight excluding hydrogens is 150 g/mol. The smallest absolute Gasteiger partial charge is 0.0590 e. The minimum atomic E-state index is 0.759. The first kappa shape index (κ1) is 14.4. The first-order valence-corrected chi connectivity index (χ1v) is 4.99. The van der Waals surface area contributed by atoms with E-state index in [9.17, 15) is 0 Å². The summed E-state index contributed by atoms with van der Waals surface area (Å²) >= 11 is 0. The molecule has 12 heavy (non-hydrogen) atoms. The van der Waals surface area contributed by atoms with Crippen LogP contribution in [-0.4, -0.2) is 26.8 Å². The molecule has 0 aliphatic heterocycles. The quantitative estimate of drug-likeness (QED) is 0.625. The Labute approximate surface area is 77.7 Å². The molecule has 0 aliphatic rings. The fourth-order valence-corrected chi connectivity index (χ4v) is 0.595. The molecule has 0 aromatic heterocycles. The molecule has 0 unspecified atom stereocenters. The summed E-state index contributed by atoms with van der Waals surface area (Å²) in [5.74, 6) is 0.759. The van der Waals surface area contributed by atoms with Crippen LogP contribution in [0, 0.1) is 5.92 Å². The van der Waals surface area contributed by atoms with Crippen LogP contribution in [0.25, 0.3) is 0 Å². The van der Waals surface area contributed by atoms with Gasteiger partial charge in [-0.05, 0) is 19.4 Å². The highest BCUT2D eigenvalue weighted by molar-refractivity contribution is 4.43. The average molecular weight is 175 g/mol. The van der Waals surface area contributed by atoms with Crippen molar-refractivity contribution in [3.05, 3.63) is 0 Å². The first-order valence-electron chi connectivity index (χ1n) is 4.99. The summed E-state index contributed by atoms with van der Waals surface area (Å²) in [7, 11) is 1.94. The van der Waals surface area contributed by atoms with Crippen molar-refractivity contribution < 1.29 is 4.74 Å². The number of hydrogen-bond acceptors (Lipinski definition) is 2. The molecule has 1 N–H and O–H groups in total. The van der Waals surface area contributed by atoms with Crippen molar-refractivity contribution in [1.82, 2.24) is 5.32 Å². The van der Waals surface area contributed by atoms with E-state index < -0.39 is 0 Å². The molecule has 0 aromatic carbocycles. The molecule has 0 atom stereocenters. The number of nitrogens with one attached hydrogen (secondary N) is 1. The van der Waals surface area contributed by atoms with E-state index in [4.69, 9.17) is 4.74 Å². The molecule has 2 heteroatoms. The van der Waals surface area contributed by atoms with E-state index >= 15 is 0 Å². The lowest BCUT2D eigenvalue weighted by atomic mass is 10.1. The maximum Gasteiger partial charge on any atom is 0.0590 e. The number of hydrogen-bond donors (Lipinski definition) is 1. The fourth-order valence-electron chi connectivity index (χ4n) is 0.595. The van der Waals surface area contributed by atoms with Gasteiger partial charge < -0.3 is 10.1 Å². The van der Waals surface area contributed by atoms with Crippen molar-refractivity contribution in [2.45, 2.75) is 34.1 Å². The van der Waals surface area contributed by atoms with Crippen LogP contribution in [0.15, 0.2) is 0 Å². The Balaban J connectivity index is 0. The highest BCUT2D eigenvalue weighted by Gasteiger charge is 1.92. The van der Waals surface area contributed by atoms with Crippen molar-refractivity contribution in [3.8, 4) is 0 Å². The normalized spacial score (nSPS) is 9.50. The SMILES string of the molecule is CC.CNCCOCCC(C)C. The molecule has 0 rings (SSSR count). The van der Waals surface area contributed by atoms with Crippen LogP contribution in [0.4, 0.5) is 0 Å². The zero-order valence-corrected chi connectivity index (χ0v) is 9.31. The molecule has 0 fully saturated rings. The summed E-state index contributed by atoms with van der Waals surface area (Å²) in [6.07, 6.45) is 1.17. The van der Waals surface area contributed by atoms with Crippen molar-refractivity contribution in [1.29, 1.82) is 0 Å². The molecule has 0 aromatic rings. The number of rotatable bonds is 6. The monoisotopic (exact) mass is 175 g/mol. The summed E-state index contributed by atoms with van der Waals surface area (Å²) in [5.41, 5.74) is 0. The largest absolute Gasteiger partial charge is 0.380 e. The van der Waals surface area contributed by atoms with Crippen LogP contribution in [0.2, 0.25) is 0 Å². The Morgan fingerprint density at radius 3 is 2.17 bits per heavy atom. The predicted octanol–water partition coefficient (Wildman–Crippen LogP) is 2.29. The minimum absolute atomic E-state index is 0.759. The van der Waals surface area contributed by atoms with Crippen LogP contribution >= 0.6 is 0 Å². The summed E-state index contributed by atoms with van der Waals surface area (Å²) in [4.78, 5) is 0. The highest BCUT2D eigenvalue weighted by atomic mass is 16.5. The molecule has 0 bridgehead atoms. The van der Waals surface area contributed by atoms with Crippen LogP contribution < -0.4 is 5.32 Å². The van der Waals surface area contributed by atoms with Crippen LogP contribution in [-0.2, 0) is 4.74 Å². The van der Waals surface area contributed by atoms with Gasteiger partial charge in [-0.15, -0.1) is 0 Å². The first-order chi connectivity index (χ1) is 5.77. The Kier molecular flexibility index (Phi) is 16.3. The molecule has 2 nitrogen and oxygen atoms in total. The molecule has 0 radical (unpaired) electrons. The Morgan fingerprint density at radius 2 is 1.75 bits per heavy atom. The van der Waals surface area contributed by atoms with E-state index in [1.807, 2.05) is 20.9 Å². The van der Waals surface area contributed by atoms with Gasteiger partial charge in [0.05, 0.1) is 6.61 Å². The highest BCUT2D eigenvalue weighted by Crippen LogP contribution is 1.97. The molecule has 0 spiro atoms.